The molecule has 2 aliphatic rings. The molecule has 1 aromatic rings. The quantitative estimate of drug-likeness (QED) is 0.402. The highest BCUT2D eigenvalue weighted by Crippen LogP contribution is 2.37. The van der Waals surface area contributed by atoms with Crippen molar-refractivity contribution in [3.63, 3.8) is 0 Å². The van der Waals surface area contributed by atoms with Crippen LogP contribution in [0, 0.1) is 5.92 Å². The molecule has 0 aromatic heterocycles. The molecule has 2 fully saturated rings. The summed E-state index contributed by atoms with van der Waals surface area (Å²) in [5.74, 6) is 2.09. The number of halogens is 2. The molecule has 3 N–H and O–H groups in total. The van der Waals surface area contributed by atoms with Crippen molar-refractivity contribution in [1.29, 1.82) is 0 Å². The normalized spacial score (nSPS) is 25.5. The van der Waals surface area contributed by atoms with Crippen molar-refractivity contribution in [1.82, 2.24) is 5.32 Å². The summed E-state index contributed by atoms with van der Waals surface area (Å²) in [6, 6.07) is 9.14. The molecule has 1 aromatic carbocycles. The first-order valence-electron chi connectivity index (χ1n) is 7.52. The van der Waals surface area contributed by atoms with E-state index in [9.17, 15) is 0 Å². The van der Waals surface area contributed by atoms with E-state index in [1.807, 2.05) is 0 Å². The number of hydrogen-bond acceptors (Lipinski definition) is 1. The fourth-order valence-electron chi connectivity index (χ4n) is 2.90. The summed E-state index contributed by atoms with van der Waals surface area (Å²) in [4.78, 5) is 4.45. The van der Waals surface area contributed by atoms with Crippen molar-refractivity contribution < 1.29 is 0 Å². The molecular formula is C16H23BrIN3. The molecule has 0 saturated heterocycles. The van der Waals surface area contributed by atoms with Crippen LogP contribution in [0.1, 0.15) is 43.6 Å². The Bertz CT molecular complexity index is 479. The summed E-state index contributed by atoms with van der Waals surface area (Å²) >= 11 is 3.47. The number of rotatable bonds is 4. The van der Waals surface area contributed by atoms with Crippen LogP contribution in [-0.2, 0) is 0 Å². The Balaban J connectivity index is 0.00000161. The van der Waals surface area contributed by atoms with Crippen LogP contribution in [0.4, 0.5) is 0 Å². The summed E-state index contributed by atoms with van der Waals surface area (Å²) in [6.45, 7) is 0.904. The predicted molar refractivity (Wildman–Crippen MR) is 102 cm³/mol. The number of hydrogen-bond donors (Lipinski definition) is 2. The second-order valence-corrected chi connectivity index (χ2v) is 7.00. The van der Waals surface area contributed by atoms with Gasteiger partial charge in [-0.25, -0.2) is 0 Å². The first kappa shape index (κ1) is 17.1. The Kier molecular flexibility index (Phi) is 6.34. The van der Waals surface area contributed by atoms with Crippen LogP contribution in [0.3, 0.4) is 0 Å². The zero-order chi connectivity index (χ0) is 13.9. The number of aliphatic imine (C=N–C) groups is 1. The summed E-state index contributed by atoms with van der Waals surface area (Å²) in [5.41, 5.74) is 7.37. The Labute approximate surface area is 152 Å². The summed E-state index contributed by atoms with van der Waals surface area (Å²) < 4.78 is 1.14. The molecular weight excluding hydrogens is 441 g/mol. The lowest BCUT2D eigenvalue weighted by Crippen LogP contribution is -2.46. The van der Waals surface area contributed by atoms with E-state index in [1.54, 1.807) is 0 Å². The van der Waals surface area contributed by atoms with Crippen LogP contribution in [0.5, 0.6) is 0 Å². The Morgan fingerprint density at radius 2 is 1.90 bits per heavy atom. The summed E-state index contributed by atoms with van der Waals surface area (Å²) in [5, 5.41) is 3.35. The fourth-order valence-corrected chi connectivity index (χ4v) is 3.16. The molecule has 2 saturated carbocycles. The molecule has 2 aliphatic carbocycles. The third kappa shape index (κ3) is 4.58. The molecule has 116 valence electrons. The van der Waals surface area contributed by atoms with Gasteiger partial charge in [0, 0.05) is 17.1 Å². The molecule has 3 nitrogen and oxygen atoms in total. The average Bonchev–Trinajstić information content (AvgIpc) is 2.33. The molecule has 0 atom stereocenters. The van der Waals surface area contributed by atoms with E-state index in [4.69, 9.17) is 5.73 Å². The molecule has 21 heavy (non-hydrogen) atoms. The first-order chi connectivity index (χ1) is 9.70. The lowest BCUT2D eigenvalue weighted by Gasteiger charge is -2.36. The van der Waals surface area contributed by atoms with Gasteiger partial charge >= 0.3 is 0 Å². The molecule has 0 amide bonds. The highest BCUT2D eigenvalue weighted by atomic mass is 127. The standard InChI is InChI=1S/C16H22BrN3.HI/c17-14-6-4-12(5-7-14)13-8-15(9-13)20-16(18)19-10-11-2-1-3-11;/h4-7,11,13,15H,1-3,8-10H2,(H3,18,19,20);1H. The van der Waals surface area contributed by atoms with Crippen molar-refractivity contribution >= 4 is 45.9 Å². The molecule has 5 heteroatoms. The van der Waals surface area contributed by atoms with Gasteiger partial charge in [-0.05, 0) is 55.2 Å². The lowest BCUT2D eigenvalue weighted by molar-refractivity contribution is 0.317. The van der Waals surface area contributed by atoms with Crippen LogP contribution in [0.25, 0.3) is 0 Å². The predicted octanol–water partition coefficient (Wildman–Crippen LogP) is 4.02. The van der Waals surface area contributed by atoms with Gasteiger partial charge < -0.3 is 11.1 Å². The van der Waals surface area contributed by atoms with Crippen LogP contribution in [0.2, 0.25) is 0 Å². The van der Waals surface area contributed by atoms with Gasteiger partial charge in [0.15, 0.2) is 5.96 Å². The maximum Gasteiger partial charge on any atom is 0.188 e. The smallest absolute Gasteiger partial charge is 0.188 e. The lowest BCUT2D eigenvalue weighted by atomic mass is 9.76. The van der Waals surface area contributed by atoms with Crippen molar-refractivity contribution in [3.05, 3.63) is 34.3 Å². The van der Waals surface area contributed by atoms with Crippen LogP contribution < -0.4 is 11.1 Å². The average molecular weight is 464 g/mol. The minimum atomic E-state index is 0. The number of guanidine groups is 1. The molecule has 0 bridgehead atoms. The minimum Gasteiger partial charge on any atom is -0.370 e. The highest BCUT2D eigenvalue weighted by molar-refractivity contribution is 14.0. The summed E-state index contributed by atoms with van der Waals surface area (Å²) in [7, 11) is 0. The van der Waals surface area contributed by atoms with E-state index in [2.05, 4.69) is 50.5 Å². The Morgan fingerprint density at radius 3 is 2.48 bits per heavy atom. The minimum absolute atomic E-state index is 0. The maximum atomic E-state index is 5.95. The van der Waals surface area contributed by atoms with E-state index in [0.717, 1.165) is 29.8 Å². The van der Waals surface area contributed by atoms with Gasteiger partial charge in [-0.1, -0.05) is 34.5 Å². The molecule has 0 aliphatic heterocycles. The number of benzene rings is 1. The van der Waals surface area contributed by atoms with Gasteiger partial charge in [0.05, 0.1) is 0 Å². The number of nitrogens with zero attached hydrogens (tertiary/aromatic N) is 1. The van der Waals surface area contributed by atoms with E-state index < -0.39 is 0 Å². The SMILES string of the molecule is I.NC(=NCC1CCC1)NC1CC(c2ccc(Br)cc2)C1. The molecule has 0 unspecified atom stereocenters. The largest absolute Gasteiger partial charge is 0.370 e. The fraction of sp³-hybridized carbons (Fsp3) is 0.562. The molecule has 0 radical (unpaired) electrons. The van der Waals surface area contributed by atoms with E-state index >= 15 is 0 Å². The van der Waals surface area contributed by atoms with Crippen LogP contribution in [-0.4, -0.2) is 18.5 Å². The van der Waals surface area contributed by atoms with Gasteiger partial charge in [0.2, 0.25) is 0 Å². The Hall–Kier alpha value is -0.300. The van der Waals surface area contributed by atoms with Crippen molar-refractivity contribution in [2.45, 2.75) is 44.1 Å². The maximum absolute atomic E-state index is 5.95. The van der Waals surface area contributed by atoms with Crippen molar-refractivity contribution in [3.8, 4) is 0 Å². The molecule has 0 spiro atoms. The van der Waals surface area contributed by atoms with E-state index in [-0.39, 0.29) is 24.0 Å². The molecule has 0 heterocycles. The monoisotopic (exact) mass is 463 g/mol. The zero-order valence-electron chi connectivity index (χ0n) is 12.1. The van der Waals surface area contributed by atoms with E-state index in [1.165, 1.54) is 24.8 Å². The second-order valence-electron chi connectivity index (χ2n) is 6.08. The van der Waals surface area contributed by atoms with Gasteiger partial charge in [0.1, 0.15) is 0 Å². The van der Waals surface area contributed by atoms with Gasteiger partial charge in [-0.3, -0.25) is 4.99 Å². The third-order valence-electron chi connectivity index (χ3n) is 4.58. The number of nitrogens with two attached hydrogens (primary N) is 1. The van der Waals surface area contributed by atoms with Crippen molar-refractivity contribution in [2.24, 2.45) is 16.6 Å². The van der Waals surface area contributed by atoms with Gasteiger partial charge in [-0.2, -0.15) is 0 Å². The zero-order valence-corrected chi connectivity index (χ0v) is 16.0. The van der Waals surface area contributed by atoms with Crippen LogP contribution in [0.15, 0.2) is 33.7 Å². The Morgan fingerprint density at radius 1 is 1.24 bits per heavy atom. The van der Waals surface area contributed by atoms with E-state index in [0.29, 0.717) is 17.9 Å². The third-order valence-corrected chi connectivity index (χ3v) is 5.10. The second kappa shape index (κ2) is 7.81. The number of nitrogens with one attached hydrogen (secondary N) is 1. The topological polar surface area (TPSA) is 50.4 Å². The molecule has 3 rings (SSSR count). The van der Waals surface area contributed by atoms with Gasteiger partial charge in [-0.15, -0.1) is 24.0 Å². The van der Waals surface area contributed by atoms with Crippen molar-refractivity contribution in [2.75, 3.05) is 6.54 Å². The highest BCUT2D eigenvalue weighted by Gasteiger charge is 2.30. The van der Waals surface area contributed by atoms with Crippen LogP contribution >= 0.6 is 39.9 Å². The first-order valence-corrected chi connectivity index (χ1v) is 8.32. The summed E-state index contributed by atoms with van der Waals surface area (Å²) in [6.07, 6.45) is 6.32. The van der Waals surface area contributed by atoms with Gasteiger partial charge in [0.25, 0.3) is 0 Å².